The molecule has 0 bridgehead atoms. The SMILES string of the molecule is Cc1occc1CN(C)c1nc2sccn2c1CC(C)N. The molecule has 0 fully saturated rings. The van der Waals surface area contributed by atoms with E-state index in [4.69, 9.17) is 15.1 Å². The van der Waals surface area contributed by atoms with Gasteiger partial charge in [0.15, 0.2) is 10.8 Å². The van der Waals surface area contributed by atoms with Gasteiger partial charge in [-0.2, -0.15) is 0 Å². The fourth-order valence-electron chi connectivity index (χ4n) is 2.53. The molecule has 3 rings (SSSR count). The third-order valence-electron chi connectivity index (χ3n) is 3.59. The van der Waals surface area contributed by atoms with Crippen LogP contribution >= 0.6 is 11.3 Å². The number of rotatable bonds is 5. The molecule has 0 aromatic carbocycles. The van der Waals surface area contributed by atoms with Crippen molar-refractivity contribution in [3.8, 4) is 0 Å². The number of nitrogens with zero attached hydrogens (tertiary/aromatic N) is 3. The monoisotopic (exact) mass is 304 g/mol. The van der Waals surface area contributed by atoms with Gasteiger partial charge in [-0.1, -0.05) is 0 Å². The molecular weight excluding hydrogens is 284 g/mol. The second-order valence-corrected chi connectivity index (χ2v) is 6.35. The van der Waals surface area contributed by atoms with Crippen molar-refractivity contribution in [2.45, 2.75) is 32.9 Å². The van der Waals surface area contributed by atoms with E-state index in [1.165, 1.54) is 11.3 Å². The molecule has 0 aliphatic rings. The van der Waals surface area contributed by atoms with E-state index in [9.17, 15) is 0 Å². The molecule has 5 nitrogen and oxygen atoms in total. The smallest absolute Gasteiger partial charge is 0.195 e. The highest BCUT2D eigenvalue weighted by Crippen LogP contribution is 2.26. The summed E-state index contributed by atoms with van der Waals surface area (Å²) < 4.78 is 7.51. The summed E-state index contributed by atoms with van der Waals surface area (Å²) in [6, 6.07) is 2.11. The van der Waals surface area contributed by atoms with Crippen LogP contribution in [0.4, 0.5) is 5.82 Å². The fraction of sp³-hybridized carbons (Fsp3) is 0.400. The predicted molar refractivity (Wildman–Crippen MR) is 86.0 cm³/mol. The quantitative estimate of drug-likeness (QED) is 0.787. The van der Waals surface area contributed by atoms with Crippen molar-refractivity contribution in [3.05, 3.63) is 40.9 Å². The van der Waals surface area contributed by atoms with Gasteiger partial charge in [0.2, 0.25) is 0 Å². The van der Waals surface area contributed by atoms with Crippen molar-refractivity contribution in [1.29, 1.82) is 0 Å². The lowest BCUT2D eigenvalue weighted by Gasteiger charge is -2.18. The molecule has 0 aliphatic carbocycles. The van der Waals surface area contributed by atoms with Crippen LogP contribution in [0.2, 0.25) is 0 Å². The molecule has 0 spiro atoms. The largest absolute Gasteiger partial charge is 0.469 e. The average molecular weight is 304 g/mol. The van der Waals surface area contributed by atoms with Crippen LogP contribution in [-0.2, 0) is 13.0 Å². The Labute approximate surface area is 128 Å². The number of aromatic nitrogens is 2. The highest BCUT2D eigenvalue weighted by atomic mass is 32.1. The Balaban J connectivity index is 1.94. The Bertz CT molecular complexity index is 740. The van der Waals surface area contributed by atoms with E-state index in [2.05, 4.69) is 27.9 Å². The summed E-state index contributed by atoms with van der Waals surface area (Å²) in [6.45, 7) is 4.78. The van der Waals surface area contributed by atoms with Crippen molar-refractivity contribution >= 4 is 22.1 Å². The number of imidazole rings is 1. The van der Waals surface area contributed by atoms with Gasteiger partial charge in [-0.3, -0.25) is 4.40 Å². The summed E-state index contributed by atoms with van der Waals surface area (Å²) in [7, 11) is 2.06. The zero-order valence-electron chi connectivity index (χ0n) is 12.5. The van der Waals surface area contributed by atoms with Crippen LogP contribution in [0.1, 0.15) is 23.9 Å². The lowest BCUT2D eigenvalue weighted by Crippen LogP contribution is -2.23. The van der Waals surface area contributed by atoms with Gasteiger partial charge < -0.3 is 15.1 Å². The number of hydrogen-bond donors (Lipinski definition) is 1. The maximum Gasteiger partial charge on any atom is 0.195 e. The lowest BCUT2D eigenvalue weighted by molar-refractivity contribution is 0.529. The highest BCUT2D eigenvalue weighted by Gasteiger charge is 2.18. The lowest BCUT2D eigenvalue weighted by atomic mass is 10.2. The topological polar surface area (TPSA) is 59.7 Å². The van der Waals surface area contributed by atoms with Crippen molar-refractivity contribution in [3.63, 3.8) is 0 Å². The minimum absolute atomic E-state index is 0.104. The summed E-state index contributed by atoms with van der Waals surface area (Å²) in [5, 5.41) is 2.05. The number of fused-ring (bicyclic) bond motifs is 1. The van der Waals surface area contributed by atoms with E-state index < -0.39 is 0 Å². The van der Waals surface area contributed by atoms with E-state index in [1.807, 2.05) is 19.9 Å². The van der Waals surface area contributed by atoms with Crippen LogP contribution < -0.4 is 10.6 Å². The van der Waals surface area contributed by atoms with E-state index in [0.717, 1.165) is 29.5 Å². The summed E-state index contributed by atoms with van der Waals surface area (Å²) in [6.07, 6.45) is 4.60. The highest BCUT2D eigenvalue weighted by molar-refractivity contribution is 7.15. The van der Waals surface area contributed by atoms with Crippen LogP contribution in [0, 0.1) is 6.92 Å². The predicted octanol–water partition coefficient (Wildman–Crippen LogP) is 2.82. The van der Waals surface area contributed by atoms with Gasteiger partial charge >= 0.3 is 0 Å². The maximum absolute atomic E-state index is 6.00. The summed E-state index contributed by atoms with van der Waals surface area (Å²) in [5.41, 5.74) is 8.35. The Morgan fingerprint density at radius 1 is 1.52 bits per heavy atom. The molecule has 2 N–H and O–H groups in total. The van der Waals surface area contributed by atoms with Crippen LogP contribution in [0.15, 0.2) is 28.3 Å². The van der Waals surface area contributed by atoms with Crippen molar-refractivity contribution in [2.24, 2.45) is 5.73 Å². The van der Waals surface area contributed by atoms with Gasteiger partial charge in [-0.25, -0.2) is 4.98 Å². The second kappa shape index (κ2) is 5.54. The van der Waals surface area contributed by atoms with E-state index in [1.54, 1.807) is 17.6 Å². The first-order valence-electron chi connectivity index (χ1n) is 7.00. The first kappa shape index (κ1) is 14.2. The number of anilines is 1. The molecule has 1 unspecified atom stereocenters. The molecular formula is C15H20N4OS. The molecule has 0 aliphatic heterocycles. The second-order valence-electron chi connectivity index (χ2n) is 5.48. The average Bonchev–Trinajstić information content (AvgIpc) is 3.08. The molecule has 0 radical (unpaired) electrons. The third-order valence-corrected chi connectivity index (χ3v) is 4.35. The molecule has 112 valence electrons. The van der Waals surface area contributed by atoms with Gasteiger partial charge in [-0.15, -0.1) is 11.3 Å². The van der Waals surface area contributed by atoms with E-state index >= 15 is 0 Å². The first-order valence-corrected chi connectivity index (χ1v) is 7.88. The normalized spacial score (nSPS) is 13.0. The van der Waals surface area contributed by atoms with Crippen molar-refractivity contribution < 1.29 is 4.42 Å². The van der Waals surface area contributed by atoms with Gasteiger partial charge in [0.25, 0.3) is 0 Å². The zero-order valence-corrected chi connectivity index (χ0v) is 13.4. The number of nitrogens with two attached hydrogens (primary N) is 1. The maximum atomic E-state index is 6.00. The third kappa shape index (κ3) is 2.69. The molecule has 3 aromatic heterocycles. The molecule has 3 aromatic rings. The molecule has 0 saturated heterocycles. The van der Waals surface area contributed by atoms with Crippen LogP contribution in [0.25, 0.3) is 4.96 Å². The Morgan fingerprint density at radius 3 is 3.00 bits per heavy atom. The molecule has 1 atom stereocenters. The van der Waals surface area contributed by atoms with Gasteiger partial charge in [0, 0.05) is 43.2 Å². The van der Waals surface area contributed by atoms with Gasteiger partial charge in [0.05, 0.1) is 12.0 Å². The van der Waals surface area contributed by atoms with E-state index in [0.29, 0.717) is 0 Å². The van der Waals surface area contributed by atoms with Gasteiger partial charge in [-0.05, 0) is 19.9 Å². The fourth-order valence-corrected chi connectivity index (χ4v) is 3.26. The minimum Gasteiger partial charge on any atom is -0.469 e. The number of thiazole rings is 1. The Morgan fingerprint density at radius 2 is 2.33 bits per heavy atom. The standard InChI is InChI=1S/C15H20N4OS/c1-10(16)8-13-14(17-15-19(13)5-7-21-15)18(3)9-12-4-6-20-11(12)2/h4-7,10H,8-9,16H2,1-3H3. The summed E-state index contributed by atoms with van der Waals surface area (Å²) >= 11 is 1.64. The van der Waals surface area contributed by atoms with Gasteiger partial charge in [0.1, 0.15) is 5.76 Å². The van der Waals surface area contributed by atoms with Crippen LogP contribution in [0.3, 0.4) is 0 Å². The number of hydrogen-bond acceptors (Lipinski definition) is 5. The van der Waals surface area contributed by atoms with Crippen LogP contribution in [0.5, 0.6) is 0 Å². The Hall–Kier alpha value is -1.79. The van der Waals surface area contributed by atoms with Crippen molar-refractivity contribution in [1.82, 2.24) is 9.38 Å². The minimum atomic E-state index is 0.104. The molecule has 6 heteroatoms. The number of aryl methyl sites for hydroxylation is 1. The van der Waals surface area contributed by atoms with E-state index in [-0.39, 0.29) is 6.04 Å². The number of furan rings is 1. The molecule has 0 saturated carbocycles. The summed E-state index contributed by atoms with van der Waals surface area (Å²) in [5.74, 6) is 1.95. The zero-order chi connectivity index (χ0) is 15.0. The van der Waals surface area contributed by atoms with Crippen molar-refractivity contribution in [2.75, 3.05) is 11.9 Å². The first-order chi connectivity index (χ1) is 10.1. The molecule has 3 heterocycles. The molecule has 21 heavy (non-hydrogen) atoms. The summed E-state index contributed by atoms with van der Waals surface area (Å²) in [4.78, 5) is 7.93. The molecule has 0 amide bonds. The van der Waals surface area contributed by atoms with Crippen LogP contribution in [-0.4, -0.2) is 22.5 Å². The Kier molecular flexibility index (Phi) is 3.73.